The Hall–Kier alpha value is -0.770. The molecule has 0 unspecified atom stereocenters. The van der Waals surface area contributed by atoms with Crippen molar-refractivity contribution >= 4 is 0 Å². The zero-order valence-electron chi connectivity index (χ0n) is 2.86. The molecule has 0 aliphatic heterocycles. The Morgan fingerprint density at radius 2 is 2.40 bits per heavy atom. The van der Waals surface area contributed by atoms with Crippen molar-refractivity contribution in [2.45, 2.75) is 6.42 Å². The largest absolute Gasteiger partial charge is 0.462 e. The van der Waals surface area contributed by atoms with E-state index in [9.17, 15) is 0 Å². The fourth-order valence-electron chi connectivity index (χ4n) is 0.0559. The van der Waals surface area contributed by atoms with Crippen LogP contribution in [0.3, 0.4) is 0 Å². The van der Waals surface area contributed by atoms with Crippen molar-refractivity contribution < 1.29 is 5.11 Å². The first-order valence-corrected chi connectivity index (χ1v) is 1.33. The first-order chi connectivity index (χ1) is 2.41. The van der Waals surface area contributed by atoms with Crippen molar-refractivity contribution in [1.82, 2.24) is 0 Å². The van der Waals surface area contributed by atoms with Crippen LogP contribution in [-0.4, -0.2) is 5.11 Å². The lowest BCUT2D eigenvalue weighted by molar-refractivity contribution is 0.516. The highest BCUT2D eigenvalue weighted by Crippen LogP contribution is 1.59. The molecule has 0 amide bonds. The van der Waals surface area contributed by atoms with Gasteiger partial charge in [0, 0.05) is 0 Å². The topological polar surface area (TPSA) is 20.2 Å². The number of hydrogen-bond acceptors (Lipinski definition) is 1. The van der Waals surface area contributed by atoms with E-state index in [1.807, 2.05) is 0 Å². The summed E-state index contributed by atoms with van der Waals surface area (Å²) in [7, 11) is 0. The first kappa shape index (κ1) is 4.23. The van der Waals surface area contributed by atoms with E-state index in [-0.39, 0.29) is 0 Å². The highest BCUT2D eigenvalue weighted by molar-refractivity contribution is 4.89. The molecule has 0 bridgehead atoms. The molecule has 0 atom stereocenters. The van der Waals surface area contributed by atoms with Gasteiger partial charge in [-0.25, -0.2) is 0 Å². The summed E-state index contributed by atoms with van der Waals surface area (Å²) in [4.78, 5) is 0. The average Bonchev–Trinajstić information content (AvgIpc) is 1.41. The predicted molar refractivity (Wildman–Crippen MR) is 19.7 cm³/mol. The number of aliphatic hydroxyl groups is 1. The van der Waals surface area contributed by atoms with Gasteiger partial charge in [-0.3, -0.25) is 0 Å². The van der Waals surface area contributed by atoms with E-state index in [1.165, 1.54) is 0 Å². The van der Waals surface area contributed by atoms with Gasteiger partial charge in [0.05, 0.1) is 6.92 Å². The monoisotopic (exact) mass is 69.0 g/mol. The zero-order valence-corrected chi connectivity index (χ0v) is 2.86. The van der Waals surface area contributed by atoms with Crippen molar-refractivity contribution in [3.63, 3.8) is 0 Å². The van der Waals surface area contributed by atoms with E-state index in [4.69, 9.17) is 5.11 Å². The molecule has 0 aromatic heterocycles. The van der Waals surface area contributed by atoms with Crippen LogP contribution in [0.1, 0.15) is 6.42 Å². The highest BCUT2D eigenvalue weighted by Gasteiger charge is 1.60. The molecular formula is C4H5O+. The SMILES string of the molecule is [CH2+]CC#CO. The van der Waals surface area contributed by atoms with Gasteiger partial charge >= 0.3 is 0 Å². The summed E-state index contributed by atoms with van der Waals surface area (Å²) >= 11 is 0. The normalized spacial score (nSPS) is 4.80. The Bertz CT molecular complexity index is 55.8. The fourth-order valence-corrected chi connectivity index (χ4v) is 0.0559. The van der Waals surface area contributed by atoms with Crippen molar-refractivity contribution in [1.29, 1.82) is 0 Å². The first-order valence-electron chi connectivity index (χ1n) is 1.33. The second kappa shape index (κ2) is 3.23. The van der Waals surface area contributed by atoms with Crippen LogP contribution < -0.4 is 0 Å². The molecule has 0 aliphatic rings. The van der Waals surface area contributed by atoms with Gasteiger partial charge in [0.25, 0.3) is 0 Å². The van der Waals surface area contributed by atoms with E-state index in [2.05, 4.69) is 12.8 Å². The molecule has 1 N–H and O–H groups in total. The molecule has 1 nitrogen and oxygen atoms in total. The summed E-state index contributed by atoms with van der Waals surface area (Å²) in [5, 5.41) is 7.67. The van der Waals surface area contributed by atoms with E-state index >= 15 is 0 Å². The van der Waals surface area contributed by atoms with Gasteiger partial charge < -0.3 is 5.11 Å². The van der Waals surface area contributed by atoms with Gasteiger partial charge in [-0.05, 0) is 5.92 Å². The van der Waals surface area contributed by atoms with E-state index in [1.54, 1.807) is 6.11 Å². The van der Waals surface area contributed by atoms with Crippen LogP contribution in [0, 0.1) is 19.0 Å². The summed E-state index contributed by atoms with van der Waals surface area (Å²) in [5.74, 6) is 2.31. The number of aliphatic hydroxyl groups excluding tert-OH is 1. The van der Waals surface area contributed by atoms with E-state index in [0.29, 0.717) is 6.42 Å². The average molecular weight is 69.1 g/mol. The van der Waals surface area contributed by atoms with E-state index < -0.39 is 0 Å². The lowest BCUT2D eigenvalue weighted by atomic mass is 10.5. The van der Waals surface area contributed by atoms with Crippen molar-refractivity contribution in [2.24, 2.45) is 0 Å². The molecule has 5 heavy (non-hydrogen) atoms. The third kappa shape index (κ3) is 3.23. The van der Waals surface area contributed by atoms with E-state index in [0.717, 1.165) is 0 Å². The minimum Gasteiger partial charge on any atom is -0.462 e. The van der Waals surface area contributed by atoms with Gasteiger partial charge in [-0.2, -0.15) is 0 Å². The Morgan fingerprint density at radius 1 is 1.80 bits per heavy atom. The molecule has 0 aliphatic carbocycles. The molecule has 0 fully saturated rings. The standard InChI is InChI=1S/C4H4O/c1-2-3-4-5/h1-2H2/p+1. The Balaban J connectivity index is 2.81. The number of hydrogen-bond donors (Lipinski definition) is 1. The molecule has 0 aromatic carbocycles. The maximum Gasteiger partial charge on any atom is 0.148 e. The van der Waals surface area contributed by atoms with Crippen molar-refractivity contribution in [3.8, 4) is 12.0 Å². The van der Waals surface area contributed by atoms with Crippen molar-refractivity contribution in [2.75, 3.05) is 0 Å². The summed E-state index contributed by atoms with van der Waals surface area (Å²) in [5.41, 5.74) is 0. The van der Waals surface area contributed by atoms with Crippen LogP contribution in [-0.2, 0) is 0 Å². The fraction of sp³-hybridized carbons (Fsp3) is 0.250. The molecule has 0 heterocycles. The molecular weight excluding hydrogens is 64.0 g/mol. The van der Waals surface area contributed by atoms with Gasteiger partial charge in [-0.15, -0.1) is 0 Å². The lowest BCUT2D eigenvalue weighted by Gasteiger charge is -1.50. The quantitative estimate of drug-likeness (QED) is 0.325. The predicted octanol–water partition coefficient (Wildman–Crippen LogP) is 0.544. The lowest BCUT2D eigenvalue weighted by Crippen LogP contribution is -1.49. The maximum atomic E-state index is 7.67. The summed E-state index contributed by atoms with van der Waals surface area (Å²) in [6, 6.07) is 0. The van der Waals surface area contributed by atoms with Crippen molar-refractivity contribution in [3.05, 3.63) is 6.92 Å². The smallest absolute Gasteiger partial charge is 0.148 e. The van der Waals surface area contributed by atoms with Gasteiger partial charge in [0.2, 0.25) is 0 Å². The van der Waals surface area contributed by atoms with Crippen LogP contribution in [0.2, 0.25) is 0 Å². The summed E-state index contributed by atoms with van der Waals surface area (Å²) in [6.07, 6.45) is 2.19. The zero-order chi connectivity index (χ0) is 4.12. The van der Waals surface area contributed by atoms with Gasteiger partial charge in [0.1, 0.15) is 12.5 Å². The van der Waals surface area contributed by atoms with Crippen LogP contribution in [0.15, 0.2) is 0 Å². The van der Waals surface area contributed by atoms with Gasteiger partial charge in [-0.1, -0.05) is 0 Å². The molecule has 0 spiro atoms. The third-order valence-electron chi connectivity index (χ3n) is 0.204. The Kier molecular flexibility index (Phi) is 2.73. The molecule has 0 saturated heterocycles. The highest BCUT2D eigenvalue weighted by atomic mass is 16.2. The Labute approximate surface area is 31.6 Å². The van der Waals surface area contributed by atoms with Crippen LogP contribution in [0.5, 0.6) is 0 Å². The van der Waals surface area contributed by atoms with Gasteiger partial charge in [0.15, 0.2) is 0 Å². The number of rotatable bonds is 0. The molecule has 0 radical (unpaired) electrons. The minimum atomic E-state index is 0.483. The summed E-state index contributed by atoms with van der Waals surface area (Å²) in [6.45, 7) is 3.34. The molecule has 1 heteroatoms. The van der Waals surface area contributed by atoms with Crippen LogP contribution >= 0.6 is 0 Å². The molecule has 0 aromatic rings. The molecule has 0 rings (SSSR count). The molecule has 26 valence electrons. The third-order valence-corrected chi connectivity index (χ3v) is 0.204. The molecule has 0 saturated carbocycles. The van der Waals surface area contributed by atoms with Crippen LogP contribution in [0.4, 0.5) is 0 Å². The summed E-state index contributed by atoms with van der Waals surface area (Å²) < 4.78 is 0. The minimum absolute atomic E-state index is 0.483. The second-order valence-corrected chi connectivity index (χ2v) is 0.539. The second-order valence-electron chi connectivity index (χ2n) is 0.539. The van der Waals surface area contributed by atoms with Crippen LogP contribution in [0.25, 0.3) is 0 Å². The Morgan fingerprint density at radius 3 is 2.40 bits per heavy atom. The maximum absolute atomic E-state index is 7.67.